The van der Waals surface area contributed by atoms with Crippen LogP contribution in [-0.2, 0) is 19.3 Å². The van der Waals surface area contributed by atoms with E-state index in [-0.39, 0.29) is 5.75 Å². The third-order valence-corrected chi connectivity index (χ3v) is 5.51. The van der Waals surface area contributed by atoms with E-state index in [1.165, 1.54) is 16.7 Å². The third-order valence-electron chi connectivity index (χ3n) is 5.51. The van der Waals surface area contributed by atoms with Crippen molar-refractivity contribution in [2.45, 2.75) is 59.8 Å². The van der Waals surface area contributed by atoms with Gasteiger partial charge in [0.05, 0.1) is 5.70 Å². The summed E-state index contributed by atoms with van der Waals surface area (Å²) in [7, 11) is 0. The summed E-state index contributed by atoms with van der Waals surface area (Å²) < 4.78 is 5.75. The van der Waals surface area contributed by atoms with E-state index in [2.05, 4.69) is 62.8 Å². The van der Waals surface area contributed by atoms with Crippen molar-refractivity contribution < 1.29 is 9.52 Å². The Labute approximate surface area is 186 Å². The second-order valence-electron chi connectivity index (χ2n) is 8.69. The molecule has 0 aliphatic rings. The second kappa shape index (κ2) is 10.3. The van der Waals surface area contributed by atoms with Crippen LogP contribution in [0.25, 0.3) is 5.70 Å². The first kappa shape index (κ1) is 22.7. The van der Waals surface area contributed by atoms with Crippen molar-refractivity contribution >= 4 is 11.4 Å². The number of hydrogen-bond acceptors (Lipinski definition) is 4. The normalized spacial score (nSPS) is 11.1. The fourth-order valence-electron chi connectivity index (χ4n) is 3.63. The van der Waals surface area contributed by atoms with Gasteiger partial charge >= 0.3 is 0 Å². The third kappa shape index (κ3) is 6.24. The average molecular weight is 419 g/mol. The minimum atomic E-state index is 0.267. The van der Waals surface area contributed by atoms with Gasteiger partial charge in [0.2, 0.25) is 0 Å². The van der Waals surface area contributed by atoms with Gasteiger partial charge in [0, 0.05) is 12.1 Å². The summed E-state index contributed by atoms with van der Waals surface area (Å²) in [6.45, 7) is 12.9. The number of nitrogens with zero attached hydrogens (tertiary/aromatic N) is 1. The summed E-state index contributed by atoms with van der Waals surface area (Å²) in [5.41, 5.74) is 7.20. The maximum absolute atomic E-state index is 9.96. The monoisotopic (exact) mass is 418 g/mol. The molecular weight excluding hydrogens is 384 g/mol. The number of anilines is 1. The summed E-state index contributed by atoms with van der Waals surface area (Å²) in [5, 5.41) is 13.4. The summed E-state index contributed by atoms with van der Waals surface area (Å²) >= 11 is 0. The number of benzene rings is 2. The Hall–Kier alpha value is -3.01. The Morgan fingerprint density at radius 3 is 2.68 bits per heavy atom. The number of aromatic nitrogens is 1. The van der Waals surface area contributed by atoms with Gasteiger partial charge in [0.1, 0.15) is 17.7 Å². The first-order chi connectivity index (χ1) is 14.9. The molecule has 1 heterocycles. The summed E-state index contributed by atoms with van der Waals surface area (Å²) in [6, 6.07) is 12.1. The van der Waals surface area contributed by atoms with Gasteiger partial charge in [-0.2, -0.15) is 0 Å². The molecule has 31 heavy (non-hydrogen) atoms. The average Bonchev–Trinajstić information content (AvgIpc) is 3.18. The first-order valence-electron chi connectivity index (χ1n) is 11.2. The van der Waals surface area contributed by atoms with Crippen LogP contribution in [0.4, 0.5) is 5.69 Å². The SMILES string of the molecule is C=C(Nc1cc(CCC)ccc1C)c1coc(Cc2cc(O)ccc2CCC(C)C)n1. The maximum Gasteiger partial charge on any atom is 0.199 e. The van der Waals surface area contributed by atoms with Gasteiger partial charge in [-0.25, -0.2) is 4.98 Å². The van der Waals surface area contributed by atoms with Crippen molar-refractivity contribution in [3.05, 3.63) is 83.1 Å². The van der Waals surface area contributed by atoms with Crippen molar-refractivity contribution in [3.63, 3.8) is 0 Å². The minimum Gasteiger partial charge on any atom is -0.508 e. The van der Waals surface area contributed by atoms with Gasteiger partial charge in [0.15, 0.2) is 5.89 Å². The van der Waals surface area contributed by atoms with E-state index in [1.54, 1.807) is 12.3 Å². The van der Waals surface area contributed by atoms with Gasteiger partial charge in [-0.3, -0.25) is 0 Å². The summed E-state index contributed by atoms with van der Waals surface area (Å²) in [4.78, 5) is 4.65. The Bertz CT molecular complexity index is 1030. The minimum absolute atomic E-state index is 0.267. The zero-order valence-corrected chi connectivity index (χ0v) is 19.2. The molecule has 3 rings (SSSR count). The molecule has 0 unspecified atom stereocenters. The molecule has 0 spiro atoms. The molecule has 164 valence electrons. The molecule has 2 aromatic carbocycles. The molecule has 4 nitrogen and oxygen atoms in total. The first-order valence-corrected chi connectivity index (χ1v) is 11.2. The summed E-state index contributed by atoms with van der Waals surface area (Å²) in [5.74, 6) is 1.51. The Morgan fingerprint density at radius 2 is 1.94 bits per heavy atom. The molecule has 0 fully saturated rings. The predicted molar refractivity (Wildman–Crippen MR) is 128 cm³/mol. The molecule has 4 heteroatoms. The number of aromatic hydroxyl groups is 1. The molecule has 0 aliphatic heterocycles. The zero-order chi connectivity index (χ0) is 22.4. The van der Waals surface area contributed by atoms with E-state index in [0.29, 0.717) is 29.6 Å². The molecule has 2 N–H and O–H groups in total. The lowest BCUT2D eigenvalue weighted by Gasteiger charge is -2.12. The molecule has 0 saturated heterocycles. The van der Waals surface area contributed by atoms with E-state index in [1.807, 2.05) is 12.1 Å². The van der Waals surface area contributed by atoms with Crippen molar-refractivity contribution in [2.75, 3.05) is 5.32 Å². The highest BCUT2D eigenvalue weighted by atomic mass is 16.3. The van der Waals surface area contributed by atoms with Crippen LogP contribution in [0.2, 0.25) is 0 Å². The molecule has 0 amide bonds. The number of rotatable bonds is 10. The lowest BCUT2D eigenvalue weighted by molar-refractivity contribution is 0.472. The Balaban J connectivity index is 1.73. The molecular formula is C27H34N2O2. The lowest BCUT2D eigenvalue weighted by atomic mass is 9.96. The number of phenols is 1. The van der Waals surface area contributed by atoms with E-state index in [9.17, 15) is 5.11 Å². The number of phenolic OH excluding ortho intramolecular Hbond substituents is 1. The highest BCUT2D eigenvalue weighted by Gasteiger charge is 2.13. The smallest absolute Gasteiger partial charge is 0.199 e. The summed E-state index contributed by atoms with van der Waals surface area (Å²) in [6.07, 6.45) is 6.43. The largest absolute Gasteiger partial charge is 0.508 e. The van der Waals surface area contributed by atoms with Crippen LogP contribution < -0.4 is 5.32 Å². The Kier molecular flexibility index (Phi) is 7.56. The van der Waals surface area contributed by atoms with Gasteiger partial charge in [-0.05, 0) is 72.6 Å². The molecule has 0 saturated carbocycles. The van der Waals surface area contributed by atoms with E-state index in [0.717, 1.165) is 36.9 Å². The highest BCUT2D eigenvalue weighted by molar-refractivity contribution is 5.74. The number of hydrogen-bond donors (Lipinski definition) is 2. The molecule has 0 radical (unpaired) electrons. The molecule has 0 aliphatic carbocycles. The fraction of sp³-hybridized carbons (Fsp3) is 0.370. The quantitative estimate of drug-likeness (QED) is 0.376. The fourth-order valence-corrected chi connectivity index (χ4v) is 3.63. The van der Waals surface area contributed by atoms with E-state index < -0.39 is 0 Å². The van der Waals surface area contributed by atoms with Gasteiger partial charge < -0.3 is 14.8 Å². The van der Waals surface area contributed by atoms with Crippen molar-refractivity contribution in [3.8, 4) is 5.75 Å². The molecule has 1 aromatic heterocycles. The van der Waals surface area contributed by atoms with Crippen LogP contribution in [0.3, 0.4) is 0 Å². The van der Waals surface area contributed by atoms with Crippen LogP contribution in [-0.4, -0.2) is 10.1 Å². The number of aryl methyl sites for hydroxylation is 3. The van der Waals surface area contributed by atoms with Crippen molar-refractivity contribution in [1.82, 2.24) is 4.98 Å². The lowest BCUT2D eigenvalue weighted by Crippen LogP contribution is -2.02. The number of nitrogens with one attached hydrogen (secondary N) is 1. The van der Waals surface area contributed by atoms with Crippen LogP contribution in [0, 0.1) is 12.8 Å². The zero-order valence-electron chi connectivity index (χ0n) is 19.2. The maximum atomic E-state index is 9.96. The predicted octanol–water partition coefficient (Wildman–Crippen LogP) is 6.90. The van der Waals surface area contributed by atoms with Crippen LogP contribution in [0.5, 0.6) is 5.75 Å². The topological polar surface area (TPSA) is 58.3 Å². The van der Waals surface area contributed by atoms with Gasteiger partial charge in [-0.15, -0.1) is 0 Å². The Morgan fingerprint density at radius 1 is 1.13 bits per heavy atom. The molecule has 0 bridgehead atoms. The van der Waals surface area contributed by atoms with E-state index in [4.69, 9.17) is 4.42 Å². The standard InChI is InChI=1S/C27H34N2O2/c1-6-7-21-10-9-19(4)25(14-21)28-20(5)26-17-31-27(29-26)16-23-15-24(30)13-12-22(23)11-8-18(2)3/h9-10,12-15,17-18,28,30H,5-8,11,16H2,1-4H3. The van der Waals surface area contributed by atoms with Crippen molar-refractivity contribution in [2.24, 2.45) is 5.92 Å². The number of oxazole rings is 1. The van der Waals surface area contributed by atoms with Gasteiger partial charge in [0.25, 0.3) is 0 Å². The molecule has 0 atom stereocenters. The van der Waals surface area contributed by atoms with Crippen LogP contribution >= 0.6 is 0 Å². The second-order valence-corrected chi connectivity index (χ2v) is 8.69. The van der Waals surface area contributed by atoms with E-state index >= 15 is 0 Å². The van der Waals surface area contributed by atoms with Crippen LogP contribution in [0.1, 0.15) is 67.5 Å². The van der Waals surface area contributed by atoms with Gasteiger partial charge in [-0.1, -0.05) is 52.0 Å². The molecule has 3 aromatic rings. The van der Waals surface area contributed by atoms with Crippen LogP contribution in [0.15, 0.2) is 53.7 Å². The highest BCUT2D eigenvalue weighted by Crippen LogP contribution is 2.25. The van der Waals surface area contributed by atoms with Crippen molar-refractivity contribution in [1.29, 1.82) is 0 Å².